The van der Waals surface area contributed by atoms with Crippen LogP contribution in [0.15, 0.2) is 21.3 Å². The van der Waals surface area contributed by atoms with Gasteiger partial charge in [0.25, 0.3) is 10.0 Å². The lowest BCUT2D eigenvalue weighted by Crippen LogP contribution is -2.41. The Balaban J connectivity index is 2.05. The second-order valence-corrected chi connectivity index (χ2v) is 9.67. The van der Waals surface area contributed by atoms with Gasteiger partial charge in [-0.2, -0.15) is 4.31 Å². The molecule has 0 saturated carbocycles. The van der Waals surface area contributed by atoms with Crippen molar-refractivity contribution in [1.29, 1.82) is 0 Å². The van der Waals surface area contributed by atoms with Gasteiger partial charge in [-0.25, -0.2) is 13.4 Å². The molecule has 1 aromatic rings. The van der Waals surface area contributed by atoms with Crippen molar-refractivity contribution >= 4 is 27.3 Å². The molecule has 1 aromatic heterocycles. The summed E-state index contributed by atoms with van der Waals surface area (Å²) in [6.07, 6.45) is 4.04. The van der Waals surface area contributed by atoms with Gasteiger partial charge in [0.2, 0.25) is 0 Å². The summed E-state index contributed by atoms with van der Waals surface area (Å²) < 4.78 is 27.4. The first-order chi connectivity index (χ1) is 12.0. The summed E-state index contributed by atoms with van der Waals surface area (Å²) >= 11 is 1.33. The van der Waals surface area contributed by atoms with Crippen molar-refractivity contribution in [3.8, 4) is 0 Å². The molecule has 6 nitrogen and oxygen atoms in total. The van der Waals surface area contributed by atoms with Gasteiger partial charge in [-0.05, 0) is 45.2 Å². The Morgan fingerprint density at radius 3 is 2.64 bits per heavy atom. The van der Waals surface area contributed by atoms with E-state index in [0.717, 1.165) is 43.1 Å². The zero-order valence-electron chi connectivity index (χ0n) is 15.4. The molecule has 0 aliphatic carbocycles. The quantitative estimate of drug-likeness (QED) is 0.558. The standard InChI is InChI=1S/C17H30N4O2S2/c1-4-14(3)20-17(18-5-2)19-13-15-9-10-16(24-15)25(22,23)21-11-7-6-8-12-21/h9-10,14H,4-8,11-13H2,1-3H3,(H2,18,19,20). The van der Waals surface area contributed by atoms with E-state index in [4.69, 9.17) is 0 Å². The van der Waals surface area contributed by atoms with Gasteiger partial charge in [-0.3, -0.25) is 0 Å². The van der Waals surface area contributed by atoms with Crippen molar-refractivity contribution in [3.63, 3.8) is 0 Å². The fraction of sp³-hybridized carbons (Fsp3) is 0.706. The van der Waals surface area contributed by atoms with Crippen LogP contribution in [0.4, 0.5) is 0 Å². The number of piperidine rings is 1. The van der Waals surface area contributed by atoms with Gasteiger partial charge in [0.1, 0.15) is 4.21 Å². The van der Waals surface area contributed by atoms with Crippen LogP contribution in [0, 0.1) is 0 Å². The molecule has 8 heteroatoms. The lowest BCUT2D eigenvalue weighted by Gasteiger charge is -2.25. The number of hydrogen-bond donors (Lipinski definition) is 2. The molecule has 1 aliphatic rings. The fourth-order valence-electron chi connectivity index (χ4n) is 2.63. The number of nitrogens with zero attached hydrogens (tertiary/aromatic N) is 2. The molecule has 25 heavy (non-hydrogen) atoms. The zero-order chi connectivity index (χ0) is 18.3. The van der Waals surface area contributed by atoms with Crippen LogP contribution in [-0.2, 0) is 16.6 Å². The average molecular weight is 387 g/mol. The van der Waals surface area contributed by atoms with Gasteiger partial charge >= 0.3 is 0 Å². The first kappa shape index (κ1) is 20.2. The van der Waals surface area contributed by atoms with Crippen molar-refractivity contribution in [2.45, 2.75) is 63.3 Å². The van der Waals surface area contributed by atoms with Crippen LogP contribution in [0.1, 0.15) is 51.3 Å². The number of thiophene rings is 1. The Hall–Kier alpha value is -1.12. The third-order valence-corrected chi connectivity index (χ3v) is 7.71. The van der Waals surface area contributed by atoms with E-state index in [2.05, 4.69) is 29.5 Å². The molecule has 2 rings (SSSR count). The summed E-state index contributed by atoms with van der Waals surface area (Å²) in [4.78, 5) is 5.53. The van der Waals surface area contributed by atoms with Crippen LogP contribution in [0.2, 0.25) is 0 Å². The van der Waals surface area contributed by atoms with E-state index in [1.807, 2.05) is 13.0 Å². The molecular weight excluding hydrogens is 356 g/mol. The largest absolute Gasteiger partial charge is 0.357 e. The van der Waals surface area contributed by atoms with Crippen LogP contribution >= 0.6 is 11.3 Å². The summed E-state index contributed by atoms with van der Waals surface area (Å²) in [6, 6.07) is 3.93. The van der Waals surface area contributed by atoms with E-state index >= 15 is 0 Å². The van der Waals surface area contributed by atoms with Gasteiger partial charge in [0, 0.05) is 30.6 Å². The Labute approximate surface area is 155 Å². The second-order valence-electron chi connectivity index (χ2n) is 6.33. The van der Waals surface area contributed by atoms with Crippen LogP contribution in [0.3, 0.4) is 0 Å². The third kappa shape index (κ3) is 5.69. The van der Waals surface area contributed by atoms with E-state index in [1.165, 1.54) is 11.3 Å². The van der Waals surface area contributed by atoms with Gasteiger partial charge < -0.3 is 10.6 Å². The number of nitrogens with one attached hydrogen (secondary N) is 2. The first-order valence-electron chi connectivity index (χ1n) is 9.11. The Kier molecular flexibility index (Phi) is 7.71. The molecular formula is C17H30N4O2S2. The van der Waals surface area contributed by atoms with E-state index < -0.39 is 10.0 Å². The maximum atomic E-state index is 12.7. The predicted molar refractivity (Wildman–Crippen MR) is 105 cm³/mol. The van der Waals surface area contributed by atoms with Crippen LogP contribution in [0.5, 0.6) is 0 Å². The highest BCUT2D eigenvalue weighted by Crippen LogP contribution is 2.27. The predicted octanol–water partition coefficient (Wildman–Crippen LogP) is 2.78. The third-order valence-electron chi connectivity index (χ3n) is 4.28. The average Bonchev–Trinajstić information content (AvgIpc) is 3.10. The minimum Gasteiger partial charge on any atom is -0.357 e. The SMILES string of the molecule is CCNC(=NCc1ccc(S(=O)(=O)N2CCCCC2)s1)NC(C)CC. The Bertz CT molecular complexity index is 664. The van der Waals surface area contributed by atoms with Crippen LogP contribution in [0.25, 0.3) is 0 Å². The first-order valence-corrected chi connectivity index (χ1v) is 11.4. The van der Waals surface area contributed by atoms with Gasteiger partial charge in [0.15, 0.2) is 5.96 Å². The molecule has 2 N–H and O–H groups in total. The minimum atomic E-state index is -3.34. The summed E-state index contributed by atoms with van der Waals surface area (Å²) in [6.45, 7) is 8.81. The fourth-order valence-corrected chi connectivity index (χ4v) is 5.58. The monoisotopic (exact) mass is 386 g/mol. The minimum absolute atomic E-state index is 0.344. The van der Waals surface area contributed by atoms with Crippen molar-refractivity contribution in [1.82, 2.24) is 14.9 Å². The van der Waals surface area contributed by atoms with E-state index in [0.29, 0.717) is 29.9 Å². The van der Waals surface area contributed by atoms with Gasteiger partial charge in [-0.1, -0.05) is 13.3 Å². The normalized spacial score (nSPS) is 18.1. The van der Waals surface area contributed by atoms with Crippen molar-refractivity contribution in [2.75, 3.05) is 19.6 Å². The summed E-state index contributed by atoms with van der Waals surface area (Å²) in [5.74, 6) is 0.769. The molecule has 2 heterocycles. The van der Waals surface area contributed by atoms with Gasteiger partial charge in [-0.15, -0.1) is 11.3 Å². The Morgan fingerprint density at radius 1 is 1.28 bits per heavy atom. The summed E-state index contributed by atoms with van der Waals surface area (Å²) in [5, 5.41) is 6.57. The highest BCUT2D eigenvalue weighted by atomic mass is 32.2. The molecule has 1 fully saturated rings. The molecule has 0 aromatic carbocycles. The number of hydrogen-bond acceptors (Lipinski definition) is 4. The highest BCUT2D eigenvalue weighted by molar-refractivity contribution is 7.91. The number of sulfonamides is 1. The molecule has 0 spiro atoms. The molecule has 1 aliphatic heterocycles. The summed E-state index contributed by atoms with van der Waals surface area (Å²) in [7, 11) is -3.34. The van der Waals surface area contributed by atoms with Crippen molar-refractivity contribution in [3.05, 3.63) is 17.0 Å². The highest BCUT2D eigenvalue weighted by Gasteiger charge is 2.27. The van der Waals surface area contributed by atoms with Crippen molar-refractivity contribution in [2.24, 2.45) is 4.99 Å². The van der Waals surface area contributed by atoms with Crippen molar-refractivity contribution < 1.29 is 8.42 Å². The molecule has 0 radical (unpaired) electrons. The van der Waals surface area contributed by atoms with Crippen LogP contribution < -0.4 is 10.6 Å². The topological polar surface area (TPSA) is 73.8 Å². The Morgan fingerprint density at radius 2 is 2.00 bits per heavy atom. The number of guanidine groups is 1. The lowest BCUT2D eigenvalue weighted by molar-refractivity contribution is 0.347. The van der Waals surface area contributed by atoms with E-state index in [-0.39, 0.29) is 0 Å². The smallest absolute Gasteiger partial charge is 0.252 e. The maximum absolute atomic E-state index is 12.7. The van der Waals surface area contributed by atoms with E-state index in [1.54, 1.807) is 10.4 Å². The van der Waals surface area contributed by atoms with Crippen LogP contribution in [-0.4, -0.2) is 44.4 Å². The molecule has 1 saturated heterocycles. The number of aliphatic imine (C=N–C) groups is 1. The molecule has 0 bridgehead atoms. The molecule has 1 unspecified atom stereocenters. The van der Waals surface area contributed by atoms with Gasteiger partial charge in [0.05, 0.1) is 6.54 Å². The zero-order valence-corrected chi connectivity index (χ0v) is 17.0. The maximum Gasteiger partial charge on any atom is 0.252 e. The molecule has 142 valence electrons. The number of rotatable bonds is 7. The molecule has 0 amide bonds. The molecule has 1 atom stereocenters. The summed E-state index contributed by atoms with van der Waals surface area (Å²) in [5.41, 5.74) is 0. The second kappa shape index (κ2) is 9.54. The lowest BCUT2D eigenvalue weighted by atomic mass is 10.2. The van der Waals surface area contributed by atoms with E-state index in [9.17, 15) is 8.42 Å².